The van der Waals surface area contributed by atoms with Crippen molar-refractivity contribution in [3.8, 4) is 75.1 Å². The van der Waals surface area contributed by atoms with Gasteiger partial charge in [0.25, 0.3) is 0 Å². The third kappa shape index (κ3) is 27.4. The maximum Gasteiger partial charge on any atom is 0.206 e. The summed E-state index contributed by atoms with van der Waals surface area (Å²) in [6.45, 7) is 11.5. The number of alkyl halides is 2. The quantitative estimate of drug-likeness (QED) is 0.0190. The average molecular weight is 2170 g/mol. The summed E-state index contributed by atoms with van der Waals surface area (Å²) in [4.78, 5) is 16.2. The predicted molar refractivity (Wildman–Crippen MR) is 531 cm³/mol. The van der Waals surface area contributed by atoms with E-state index in [1.807, 2.05) is 178 Å². The van der Waals surface area contributed by atoms with Crippen molar-refractivity contribution in [3.05, 3.63) is 445 Å². The minimum Gasteiger partial charge on any atom is -0.457 e. The van der Waals surface area contributed by atoms with E-state index in [9.17, 15) is 60.6 Å². The fraction of sp³-hybridized carbons (Fsp3) is 0.0926. The molecule has 0 amide bonds. The van der Waals surface area contributed by atoms with E-state index in [0.29, 0.717) is 68.0 Å². The molecule has 1 unspecified atom stereocenters. The van der Waals surface area contributed by atoms with Gasteiger partial charge in [-0.15, -0.1) is 0 Å². The van der Waals surface area contributed by atoms with E-state index < -0.39 is 87.4 Å². The number of ether oxygens (including phenoxy) is 7. The van der Waals surface area contributed by atoms with Gasteiger partial charge in [0, 0.05) is 0 Å². The van der Waals surface area contributed by atoms with Crippen molar-refractivity contribution >= 4 is 84.8 Å². The maximum absolute atomic E-state index is 13.6. The molecule has 0 aliphatic rings. The monoisotopic (exact) mass is 2170 g/mol. The molecule has 16 aromatic rings. The largest absolute Gasteiger partial charge is 0.457 e. The van der Waals surface area contributed by atoms with Crippen LogP contribution in [0.5, 0.6) is 69.0 Å². The second kappa shape index (κ2) is 46.8. The van der Waals surface area contributed by atoms with Crippen LogP contribution >= 0.6 is 22.6 Å². The van der Waals surface area contributed by atoms with Crippen LogP contribution < -0.4 is 48.2 Å². The van der Waals surface area contributed by atoms with Gasteiger partial charge in [-0.3, -0.25) is 0 Å². The summed E-state index contributed by atoms with van der Waals surface area (Å²) in [7, 11) is -21.6. The summed E-state index contributed by atoms with van der Waals surface area (Å²) in [5, 5.41) is 10.3. The van der Waals surface area contributed by atoms with Gasteiger partial charge in [0.15, 0.2) is 0 Å². The molecule has 0 saturated heterocycles. The van der Waals surface area contributed by atoms with Crippen LogP contribution in [0.25, 0.3) is 0 Å². The summed E-state index contributed by atoms with van der Waals surface area (Å²) < 4.78 is 193. The number of hydrogen-bond donors (Lipinski definition) is 0. The molecule has 0 heterocycles. The number of nitriles is 1. The van der Waals surface area contributed by atoms with E-state index in [1.54, 1.807) is 133 Å². The molecule has 29 heteroatoms. The Morgan fingerprint density at radius 2 is 0.453 bits per heavy atom. The van der Waals surface area contributed by atoms with Crippen molar-refractivity contribution in [2.75, 3.05) is 15.3 Å². The first-order valence-corrected chi connectivity index (χ1v) is 57.4. The Balaban J connectivity index is 0.000000176. The van der Waals surface area contributed by atoms with Gasteiger partial charge >= 0.3 is 143 Å². The predicted octanol–water partition coefficient (Wildman–Crippen LogP) is 22.0. The molecule has 0 aliphatic carbocycles. The number of halogens is 2. The van der Waals surface area contributed by atoms with Crippen molar-refractivity contribution in [2.45, 2.75) is 95.9 Å². The molecule has 0 radical (unpaired) electrons. The van der Waals surface area contributed by atoms with Gasteiger partial charge in [-0.1, -0.05) is 190 Å². The molecule has 0 saturated carbocycles. The number of para-hydroxylation sites is 2. The molecular weight excluding hydrogens is 2080 g/mol. The van der Waals surface area contributed by atoms with Crippen molar-refractivity contribution < 1.29 is 108 Å². The van der Waals surface area contributed by atoms with Crippen LogP contribution in [-0.4, -0.2) is 71.8 Å². The van der Waals surface area contributed by atoms with Crippen molar-refractivity contribution in [1.29, 1.82) is 5.26 Å². The molecule has 137 heavy (non-hydrogen) atoms. The summed E-state index contributed by atoms with van der Waals surface area (Å²) in [5.41, 5.74) is 4.35. The van der Waals surface area contributed by atoms with Crippen LogP contribution in [0.4, 0.5) is 0 Å². The Kier molecular flexibility index (Phi) is 35.0. The second-order valence-corrected chi connectivity index (χ2v) is 49.8. The number of nitrogens with zero attached hydrogens (tertiary/aromatic N) is 1. The fourth-order valence-corrected chi connectivity index (χ4v) is 22.8. The van der Waals surface area contributed by atoms with Crippen LogP contribution in [0, 0.1) is 45.9 Å². The molecular formula is C108H92I2NO20S6-. The molecule has 0 spiro atoms. The Hall–Kier alpha value is -13.6. The number of benzene rings is 16. The van der Waals surface area contributed by atoms with Gasteiger partial charge < -0.3 is 28.4 Å². The standard InChI is InChI=1S/C43H35NO8S2.C32H26O6S2.C14H13I2O5S2.C12H10O.C7H8/c1-4-50-42(45)43(29-44,32-9-5-30(2)6-10-32)33-11-21-38(22-12-33)53(46,47)39-23-17-36(18-24-39)52-37-19-27-41(28-20-37)54(48,49)40-25-15-35(16-26-40)51-34-13-7-31(3)8-14-34;1-23-3-7-25(8-4-23)37-26-9-19-31(20-10-26)40(35,36)32-21-13-28(14-22-32)38-27-11-17-30(18-12-27)39(33,34)29-15-5-24(2)6-16-29;1-16-23(19,20)14-8-4-12(5-9-14)21-11-2-6-13(7-3-11)22(17,18)10-15;1-3-7-11(8-4-1)13-12-9-5-2-6-10-12;1-7-5-3-2-4-6-7/h5-28H,4H2,1-3H3;3-22H,1-2H3;2-9H,10H2,1H3;1-10H;2-6H,1H3/q;;-1;;. The molecule has 0 aliphatic heterocycles. The van der Waals surface area contributed by atoms with Crippen molar-refractivity contribution in [3.63, 3.8) is 0 Å². The molecule has 1 atom stereocenters. The van der Waals surface area contributed by atoms with E-state index in [2.05, 4.69) is 25.1 Å². The van der Waals surface area contributed by atoms with Gasteiger partial charge in [-0.05, 0) is 271 Å². The number of esters is 1. The molecule has 16 rings (SSSR count). The molecule has 0 bridgehead atoms. The van der Waals surface area contributed by atoms with Crippen LogP contribution in [-0.2, 0) is 71.1 Å². The van der Waals surface area contributed by atoms with Gasteiger partial charge in [0.1, 0.15) is 57.5 Å². The number of carbonyl (C=O) groups is 1. The van der Waals surface area contributed by atoms with E-state index in [1.165, 1.54) is 151 Å². The first-order chi connectivity index (χ1) is 65.6. The Bertz CT molecular complexity index is 7410. The molecule has 16 aromatic carbocycles. The topological polar surface area (TPSA) is 310 Å². The summed E-state index contributed by atoms with van der Waals surface area (Å²) in [6.07, 6.45) is 0. The fourth-order valence-electron chi connectivity index (χ4n) is 13.0. The average Bonchev–Trinajstić information content (AvgIpc) is 0.754. The maximum atomic E-state index is 13.6. The van der Waals surface area contributed by atoms with E-state index in [0.717, 1.165) is 33.8 Å². The molecule has 700 valence electrons. The van der Waals surface area contributed by atoms with Crippen molar-refractivity contribution in [2.24, 2.45) is 0 Å². The number of hydrogen-bond acceptors (Lipinski definition) is 21. The smallest absolute Gasteiger partial charge is 0.206 e. The third-order valence-electron chi connectivity index (χ3n) is 20.5. The third-order valence-corrected chi connectivity index (χ3v) is 37.6. The minimum atomic E-state index is -4.00. The second-order valence-electron chi connectivity index (χ2n) is 30.4. The van der Waals surface area contributed by atoms with Crippen LogP contribution in [0.1, 0.15) is 45.9 Å². The van der Waals surface area contributed by atoms with E-state index in [4.69, 9.17) is 33.2 Å². The van der Waals surface area contributed by atoms with Gasteiger partial charge in [-0.2, -0.15) is 5.26 Å². The normalized spacial score (nSPS) is 11.8. The zero-order valence-corrected chi connectivity index (χ0v) is 84.1. The zero-order chi connectivity index (χ0) is 98.0. The molecule has 0 aromatic heterocycles. The Labute approximate surface area is 822 Å². The number of aryl methyl sites for hydroxylation is 5. The van der Waals surface area contributed by atoms with Gasteiger partial charge in [0.05, 0.1) is 51.8 Å². The van der Waals surface area contributed by atoms with Crippen LogP contribution in [0.15, 0.2) is 455 Å². The van der Waals surface area contributed by atoms with Gasteiger partial charge in [0.2, 0.25) is 44.8 Å². The summed E-state index contributed by atoms with van der Waals surface area (Å²) in [6, 6.07) is 115. The SMILES string of the molecule is CCOC(=O)C(C#N)(c1ccc(C)cc1)c1ccc(S(=O)(=O)c2ccc(Oc3ccc(S(=O)(=O)c4ccc(Oc5ccc(C)cc5)cc4)cc3)cc2)cc1.C[I-]S(=O)(=O)c1ccc(Oc2ccc(S(=O)(=O)CI)cc2)cc1.Cc1ccc(Oc2ccc(S(=O)(=O)c3ccc(Oc4ccc(S(=O)(=O)c5ccc(C)cc5)cc4)cc3)cc2)cc1.Cc1ccccc1.c1ccc(Oc2ccccc2)cc1. The number of sulfone groups is 5. The number of rotatable bonds is 28. The minimum absolute atomic E-state index is 0.00482. The van der Waals surface area contributed by atoms with Gasteiger partial charge in [-0.25, -0.2) is 38.5 Å². The van der Waals surface area contributed by atoms with Crippen LogP contribution in [0.2, 0.25) is 0 Å². The zero-order valence-electron chi connectivity index (χ0n) is 74.9. The van der Waals surface area contributed by atoms with E-state index >= 15 is 0 Å². The Morgan fingerprint density at radius 3 is 0.672 bits per heavy atom. The Morgan fingerprint density at radius 1 is 0.270 bits per heavy atom. The summed E-state index contributed by atoms with van der Waals surface area (Å²) >= 11 is 0.888. The first-order valence-electron chi connectivity index (χ1n) is 42.1. The molecule has 21 nitrogen and oxygen atoms in total. The van der Waals surface area contributed by atoms with Crippen LogP contribution in [0.3, 0.4) is 0 Å². The number of carbonyl (C=O) groups excluding carboxylic acids is 1. The molecule has 0 N–H and O–H groups in total. The molecule has 0 fully saturated rings. The first kappa shape index (κ1) is 102. The van der Waals surface area contributed by atoms with Crippen molar-refractivity contribution in [1.82, 2.24) is 0 Å². The summed E-state index contributed by atoms with van der Waals surface area (Å²) in [5.74, 6) is 5.80. The van der Waals surface area contributed by atoms with E-state index in [-0.39, 0.29) is 60.0 Å².